The molecule has 0 saturated heterocycles. The predicted molar refractivity (Wildman–Crippen MR) is 152 cm³/mol. The summed E-state index contributed by atoms with van der Waals surface area (Å²) in [4.78, 5) is 0. The molecule has 0 aliphatic heterocycles. The molecule has 3 aromatic carbocycles. The molecule has 1 fully saturated rings. The monoisotopic (exact) mass is 532 g/mol. The second kappa shape index (κ2) is 11.9. The molecular formula is C35H36F4. The topological polar surface area (TPSA) is 0 Å². The quantitative estimate of drug-likeness (QED) is 0.210. The van der Waals surface area contributed by atoms with Crippen molar-refractivity contribution in [1.29, 1.82) is 0 Å². The highest BCUT2D eigenvalue weighted by atomic mass is 19.2. The molecule has 2 aliphatic carbocycles. The van der Waals surface area contributed by atoms with E-state index in [1.165, 1.54) is 51.2 Å². The molecule has 0 bridgehead atoms. The van der Waals surface area contributed by atoms with Crippen LogP contribution >= 0.6 is 0 Å². The Morgan fingerprint density at radius 3 is 1.85 bits per heavy atom. The summed E-state index contributed by atoms with van der Waals surface area (Å²) >= 11 is 0. The van der Waals surface area contributed by atoms with Gasteiger partial charge in [-0.25, -0.2) is 17.6 Å². The third-order valence-electron chi connectivity index (χ3n) is 9.00. The highest BCUT2D eigenvalue weighted by molar-refractivity contribution is 5.74. The summed E-state index contributed by atoms with van der Waals surface area (Å²) in [6, 6.07) is 12.8. The van der Waals surface area contributed by atoms with Crippen molar-refractivity contribution in [1.82, 2.24) is 0 Å². The third kappa shape index (κ3) is 5.76. The minimum absolute atomic E-state index is 0.134. The van der Waals surface area contributed by atoms with E-state index >= 15 is 8.78 Å². The lowest BCUT2D eigenvalue weighted by Gasteiger charge is -2.35. The third-order valence-corrected chi connectivity index (χ3v) is 9.00. The van der Waals surface area contributed by atoms with Crippen LogP contribution in [0.3, 0.4) is 0 Å². The van der Waals surface area contributed by atoms with Gasteiger partial charge in [0.15, 0.2) is 23.3 Å². The first-order valence-corrected chi connectivity index (χ1v) is 14.2. The van der Waals surface area contributed by atoms with Crippen molar-refractivity contribution >= 4 is 5.57 Å². The largest absolute Gasteiger partial charge is 0.203 e. The summed E-state index contributed by atoms with van der Waals surface area (Å²) in [5.41, 5.74) is 2.71. The van der Waals surface area contributed by atoms with Gasteiger partial charge in [0.25, 0.3) is 0 Å². The Bertz CT molecular complexity index is 1360. The zero-order valence-corrected chi connectivity index (χ0v) is 22.6. The molecule has 5 rings (SSSR count). The SMILES string of the molecule is C=CCCC1CCC(C2CC=C(c3ccc(-c4ccc(-c5ccc(C)c(F)c5F)cc4)c(F)c3F)CC2)CC1. The second-order valence-corrected chi connectivity index (χ2v) is 11.3. The Morgan fingerprint density at radius 2 is 1.26 bits per heavy atom. The highest BCUT2D eigenvalue weighted by Crippen LogP contribution is 2.43. The average molecular weight is 533 g/mol. The second-order valence-electron chi connectivity index (χ2n) is 11.3. The Balaban J connectivity index is 1.28. The molecule has 1 saturated carbocycles. The van der Waals surface area contributed by atoms with E-state index in [9.17, 15) is 8.78 Å². The number of allylic oxidation sites excluding steroid dienone is 3. The number of benzene rings is 3. The van der Waals surface area contributed by atoms with Crippen LogP contribution in [0.5, 0.6) is 0 Å². The van der Waals surface area contributed by atoms with Gasteiger partial charge in [-0.3, -0.25) is 0 Å². The maximum atomic E-state index is 15.3. The summed E-state index contributed by atoms with van der Waals surface area (Å²) in [6.45, 7) is 5.34. The van der Waals surface area contributed by atoms with Gasteiger partial charge in [0.05, 0.1) is 0 Å². The molecule has 0 N–H and O–H groups in total. The van der Waals surface area contributed by atoms with E-state index in [4.69, 9.17) is 0 Å². The fraction of sp³-hybridized carbons (Fsp3) is 0.371. The molecule has 204 valence electrons. The van der Waals surface area contributed by atoms with Gasteiger partial charge in [0.1, 0.15) is 0 Å². The minimum Gasteiger partial charge on any atom is -0.203 e. The lowest BCUT2D eigenvalue weighted by Crippen LogP contribution is -2.23. The number of aryl methyl sites for hydroxylation is 1. The van der Waals surface area contributed by atoms with Crippen molar-refractivity contribution in [3.8, 4) is 22.3 Å². The van der Waals surface area contributed by atoms with Gasteiger partial charge >= 0.3 is 0 Å². The number of hydrogen-bond acceptors (Lipinski definition) is 0. The first-order valence-electron chi connectivity index (χ1n) is 14.2. The number of halogens is 4. The number of rotatable bonds is 7. The Kier molecular flexibility index (Phi) is 8.40. The Morgan fingerprint density at radius 1 is 0.692 bits per heavy atom. The lowest BCUT2D eigenvalue weighted by molar-refractivity contribution is 0.190. The summed E-state index contributed by atoms with van der Waals surface area (Å²) < 4.78 is 59.0. The van der Waals surface area contributed by atoms with Crippen molar-refractivity contribution in [2.45, 2.75) is 64.7 Å². The zero-order valence-electron chi connectivity index (χ0n) is 22.6. The molecule has 39 heavy (non-hydrogen) atoms. The zero-order chi connectivity index (χ0) is 27.5. The Hall–Kier alpha value is -3.14. The van der Waals surface area contributed by atoms with Crippen LogP contribution in [0.2, 0.25) is 0 Å². The van der Waals surface area contributed by atoms with E-state index in [0.717, 1.165) is 43.1 Å². The van der Waals surface area contributed by atoms with E-state index in [1.807, 2.05) is 6.08 Å². The van der Waals surface area contributed by atoms with E-state index in [2.05, 4.69) is 12.7 Å². The maximum Gasteiger partial charge on any atom is 0.167 e. The summed E-state index contributed by atoms with van der Waals surface area (Å²) in [6.07, 6.45) is 14.4. The van der Waals surface area contributed by atoms with E-state index in [0.29, 0.717) is 22.6 Å². The molecular weight excluding hydrogens is 496 g/mol. The molecule has 2 aliphatic rings. The van der Waals surface area contributed by atoms with Crippen LogP contribution < -0.4 is 0 Å². The van der Waals surface area contributed by atoms with Gasteiger partial charge in [0, 0.05) is 16.7 Å². The minimum atomic E-state index is -0.913. The van der Waals surface area contributed by atoms with Crippen molar-refractivity contribution in [2.75, 3.05) is 0 Å². The van der Waals surface area contributed by atoms with Crippen molar-refractivity contribution in [2.24, 2.45) is 17.8 Å². The average Bonchev–Trinajstić information content (AvgIpc) is 2.97. The lowest BCUT2D eigenvalue weighted by atomic mass is 9.70. The van der Waals surface area contributed by atoms with Crippen LogP contribution in [0.1, 0.15) is 68.9 Å². The predicted octanol–water partition coefficient (Wildman–Crippen LogP) is 10.8. The van der Waals surface area contributed by atoms with Crippen molar-refractivity contribution < 1.29 is 17.6 Å². The van der Waals surface area contributed by atoms with Crippen LogP contribution in [-0.4, -0.2) is 0 Å². The van der Waals surface area contributed by atoms with Crippen LogP contribution in [0, 0.1) is 47.9 Å². The Labute approximate surface area is 229 Å². The van der Waals surface area contributed by atoms with Gasteiger partial charge in [-0.05, 0) is 91.9 Å². The molecule has 0 aromatic heterocycles. The van der Waals surface area contributed by atoms with E-state index < -0.39 is 23.3 Å². The fourth-order valence-corrected chi connectivity index (χ4v) is 6.55. The summed E-state index contributed by atoms with van der Waals surface area (Å²) in [5, 5.41) is 0. The van der Waals surface area contributed by atoms with Gasteiger partial charge in [0.2, 0.25) is 0 Å². The molecule has 0 nitrogen and oxygen atoms in total. The van der Waals surface area contributed by atoms with Crippen LogP contribution in [-0.2, 0) is 0 Å². The van der Waals surface area contributed by atoms with Crippen LogP contribution in [0.4, 0.5) is 17.6 Å². The summed E-state index contributed by atoms with van der Waals surface area (Å²) in [5.74, 6) is -1.30. The molecule has 1 unspecified atom stereocenters. The first-order chi connectivity index (χ1) is 18.9. The molecule has 4 heteroatoms. The fourth-order valence-electron chi connectivity index (χ4n) is 6.55. The first kappa shape index (κ1) is 27.4. The van der Waals surface area contributed by atoms with Crippen LogP contribution in [0.15, 0.2) is 67.3 Å². The molecule has 0 amide bonds. The smallest absolute Gasteiger partial charge is 0.167 e. The highest BCUT2D eigenvalue weighted by Gasteiger charge is 2.29. The maximum absolute atomic E-state index is 15.3. The van der Waals surface area contributed by atoms with Crippen LogP contribution in [0.25, 0.3) is 27.8 Å². The van der Waals surface area contributed by atoms with Crippen molar-refractivity contribution in [3.05, 3.63) is 102 Å². The standard InChI is InChI=1S/C35H36F4/c1-3-4-5-23-7-9-24(10-8-23)25-11-13-26(14-12-25)30-20-21-31(35(39)34(30)38)28-17-15-27(16-18-28)29-19-6-22(2)32(36)33(29)37/h3,6,13,15-21,23-25H,1,4-5,7-12,14H2,2H3. The molecule has 0 heterocycles. The van der Waals surface area contributed by atoms with Gasteiger partial charge in [-0.2, -0.15) is 0 Å². The van der Waals surface area contributed by atoms with Crippen molar-refractivity contribution in [3.63, 3.8) is 0 Å². The molecule has 1 atom stereocenters. The normalized spacial score (nSPS) is 21.5. The summed E-state index contributed by atoms with van der Waals surface area (Å²) in [7, 11) is 0. The molecule has 0 radical (unpaired) electrons. The van der Waals surface area contributed by atoms with E-state index in [1.54, 1.807) is 36.4 Å². The van der Waals surface area contributed by atoms with E-state index in [-0.39, 0.29) is 16.7 Å². The number of hydrogen-bond donors (Lipinski definition) is 0. The van der Waals surface area contributed by atoms with Gasteiger partial charge in [-0.15, -0.1) is 6.58 Å². The van der Waals surface area contributed by atoms with Gasteiger partial charge in [-0.1, -0.05) is 73.5 Å². The molecule has 3 aromatic rings. The van der Waals surface area contributed by atoms with Gasteiger partial charge < -0.3 is 0 Å². The molecule has 0 spiro atoms.